The van der Waals surface area contributed by atoms with Crippen LogP contribution in [0.15, 0.2) is 22.3 Å². The number of nitrogens with zero attached hydrogens (tertiary/aromatic N) is 3. The summed E-state index contributed by atoms with van der Waals surface area (Å²) in [7, 11) is 1.32. The predicted molar refractivity (Wildman–Crippen MR) is 218 cm³/mol. The zero-order valence-corrected chi connectivity index (χ0v) is 34.8. The molecule has 2 amide bonds. The molecule has 54 heavy (non-hydrogen) atoms. The van der Waals surface area contributed by atoms with Crippen LogP contribution in [0.25, 0.3) is 0 Å². The summed E-state index contributed by atoms with van der Waals surface area (Å²) in [5.41, 5.74) is 6.06. The molecule has 14 heteroatoms. The molecule has 0 bridgehead atoms. The molecule has 0 aliphatic carbocycles. The Morgan fingerprint density at radius 2 is 1.39 bits per heavy atom. The van der Waals surface area contributed by atoms with E-state index in [2.05, 4.69) is 29.3 Å². The maximum Gasteiger partial charge on any atom is 0.355 e. The number of β-lactam (4-membered cyclic amide) rings is 1. The highest BCUT2D eigenvalue weighted by molar-refractivity contribution is 8.00. The van der Waals surface area contributed by atoms with Gasteiger partial charge in [0, 0.05) is 24.3 Å². The Kier molecular flexibility index (Phi) is 23.6. The highest BCUT2D eigenvalue weighted by atomic mass is 32.2. The monoisotopic (exact) mass is 793 g/mol. The summed E-state index contributed by atoms with van der Waals surface area (Å²) in [5, 5.41) is 7.92. The number of carbonyl (C=O) groups excluding carboxylic acids is 3. The third-order valence-electron chi connectivity index (χ3n) is 9.67. The number of carbonyl (C=O) groups is 3. The van der Waals surface area contributed by atoms with Crippen molar-refractivity contribution in [2.75, 3.05) is 45.0 Å². The van der Waals surface area contributed by atoms with Crippen molar-refractivity contribution >= 4 is 51.7 Å². The number of amides is 2. The molecule has 0 saturated carbocycles. The summed E-state index contributed by atoms with van der Waals surface area (Å²) >= 11 is 2.61. The molecule has 1 aromatic rings. The molecule has 3 N–H and O–H groups in total. The first-order chi connectivity index (χ1) is 26.4. The highest BCUT2D eigenvalue weighted by Crippen LogP contribution is 2.38. The Labute approximate surface area is 332 Å². The molecular formula is C40H67N5O7S2. The van der Waals surface area contributed by atoms with Crippen molar-refractivity contribution in [2.45, 2.75) is 160 Å². The molecule has 2 aliphatic heterocycles. The number of thioether (sulfide) groups is 1. The number of anilines is 1. The van der Waals surface area contributed by atoms with Crippen LogP contribution in [0.1, 0.15) is 148 Å². The number of nitrogen functional groups attached to an aromatic ring is 1. The van der Waals surface area contributed by atoms with Gasteiger partial charge in [0.2, 0.25) is 0 Å². The van der Waals surface area contributed by atoms with Crippen LogP contribution in [0.2, 0.25) is 0 Å². The highest BCUT2D eigenvalue weighted by Gasteiger charge is 2.53. The van der Waals surface area contributed by atoms with E-state index in [9.17, 15) is 14.4 Å². The molecule has 1 saturated heterocycles. The van der Waals surface area contributed by atoms with Gasteiger partial charge in [0.25, 0.3) is 11.8 Å². The summed E-state index contributed by atoms with van der Waals surface area (Å²) in [6, 6.07) is -0.860. The van der Waals surface area contributed by atoms with E-state index in [-0.39, 0.29) is 35.4 Å². The van der Waals surface area contributed by atoms with Gasteiger partial charge in [0.05, 0.1) is 13.2 Å². The number of unbranched alkanes of at least 4 members (excludes halogenated alkanes) is 18. The molecule has 2 atom stereocenters. The largest absolute Gasteiger partial charge is 0.453 e. The van der Waals surface area contributed by atoms with Crippen molar-refractivity contribution in [1.82, 2.24) is 15.2 Å². The number of thiazole rings is 1. The molecule has 2 aliphatic rings. The van der Waals surface area contributed by atoms with Crippen molar-refractivity contribution in [3.8, 4) is 0 Å². The normalized spacial score (nSPS) is 17.0. The Bertz CT molecular complexity index is 1260. The van der Waals surface area contributed by atoms with Crippen LogP contribution in [0.3, 0.4) is 0 Å². The summed E-state index contributed by atoms with van der Waals surface area (Å²) < 4.78 is 17.9. The van der Waals surface area contributed by atoms with Gasteiger partial charge in [0.15, 0.2) is 10.8 Å². The van der Waals surface area contributed by atoms with Gasteiger partial charge in [-0.25, -0.2) is 9.78 Å². The molecule has 3 heterocycles. The van der Waals surface area contributed by atoms with E-state index in [1.807, 2.05) is 0 Å². The van der Waals surface area contributed by atoms with Crippen molar-refractivity contribution < 1.29 is 33.4 Å². The molecule has 3 rings (SSSR count). The minimum atomic E-state index is -0.860. The molecule has 1 aromatic heterocycles. The Morgan fingerprint density at radius 3 is 1.87 bits per heavy atom. The van der Waals surface area contributed by atoms with Gasteiger partial charge in [0.1, 0.15) is 36.0 Å². The van der Waals surface area contributed by atoms with Crippen LogP contribution in [0, 0.1) is 0 Å². The van der Waals surface area contributed by atoms with Crippen LogP contribution >= 0.6 is 23.1 Å². The van der Waals surface area contributed by atoms with E-state index >= 15 is 0 Å². The molecule has 12 nitrogen and oxygen atoms in total. The first kappa shape index (κ1) is 45.7. The summed E-state index contributed by atoms with van der Waals surface area (Å²) in [4.78, 5) is 50.4. The topological polar surface area (TPSA) is 155 Å². The molecule has 0 aromatic carbocycles. The molecule has 1 unspecified atom stereocenters. The summed E-state index contributed by atoms with van der Waals surface area (Å²) in [6.07, 6.45) is 26.0. The van der Waals surface area contributed by atoms with Gasteiger partial charge in [-0.15, -0.1) is 23.1 Å². The molecule has 1 fully saturated rings. The smallest absolute Gasteiger partial charge is 0.355 e. The quantitative estimate of drug-likeness (QED) is 0.0240. The zero-order valence-electron chi connectivity index (χ0n) is 33.2. The zero-order chi connectivity index (χ0) is 38.8. The number of hydrogen-bond acceptors (Lipinski definition) is 12. The van der Waals surface area contributed by atoms with Gasteiger partial charge in [-0.05, 0) is 18.9 Å². The number of aromatic nitrogens is 1. The van der Waals surface area contributed by atoms with Crippen LogP contribution in [-0.2, 0) is 33.4 Å². The number of ether oxygens (including phenoxy) is 3. The number of hydrogen-bond donors (Lipinski definition) is 2. The standard InChI is InChI=1S/C40H67N5O7S2/c1-4-6-8-10-12-14-16-18-20-22-25-50-28-31(29-51-26-23-21-19-17-15-13-11-9-7-5-2)52-39(48)33-24-27-53-38-35(37(47)45(33)38)43-36(46)34(44-49-3)32-30-54-40(41)42-32/h24,30-31,35,38H,4-23,25-29H2,1-3H3,(H2,41,42)(H,43,46)/t35?,38-/m0/s1. The number of nitrogens with one attached hydrogen (secondary N) is 1. The van der Waals surface area contributed by atoms with Crippen LogP contribution in [-0.4, -0.2) is 90.2 Å². The maximum atomic E-state index is 13.5. The van der Waals surface area contributed by atoms with Gasteiger partial charge in [-0.2, -0.15) is 0 Å². The second-order valence-electron chi connectivity index (χ2n) is 14.2. The first-order valence-electron chi connectivity index (χ1n) is 20.6. The third kappa shape index (κ3) is 16.6. The Hall–Kier alpha value is -2.68. The van der Waals surface area contributed by atoms with E-state index in [4.69, 9.17) is 24.8 Å². The van der Waals surface area contributed by atoms with Crippen molar-refractivity contribution in [2.24, 2.45) is 5.16 Å². The molecule has 0 spiro atoms. The van der Waals surface area contributed by atoms with Crippen LogP contribution < -0.4 is 11.1 Å². The van der Waals surface area contributed by atoms with E-state index in [1.165, 1.54) is 127 Å². The number of nitrogens with two attached hydrogens (primary N) is 1. The van der Waals surface area contributed by atoms with Crippen LogP contribution in [0.4, 0.5) is 5.13 Å². The minimum Gasteiger partial charge on any atom is -0.453 e. The van der Waals surface area contributed by atoms with Crippen molar-refractivity contribution in [3.05, 3.63) is 22.8 Å². The minimum absolute atomic E-state index is 0.0915. The lowest BCUT2D eigenvalue weighted by molar-refractivity contribution is -0.159. The summed E-state index contributed by atoms with van der Waals surface area (Å²) in [5.74, 6) is -1.17. The average molecular weight is 794 g/mol. The number of rotatable bonds is 32. The van der Waals surface area contributed by atoms with Crippen molar-refractivity contribution in [3.63, 3.8) is 0 Å². The maximum absolute atomic E-state index is 13.5. The van der Waals surface area contributed by atoms with Gasteiger partial charge in [-0.3, -0.25) is 14.5 Å². The lowest BCUT2D eigenvalue weighted by Gasteiger charge is -2.48. The SMILES string of the molecule is CCCCCCCCCCCCOCC(COCCCCCCCCCCCC)OC(=O)C1=CCS[C@H]2C(NC(=O)C(=NOC)c3csc(N)n3)C(=O)N12. The fraction of sp³-hybridized carbons (Fsp3) is 0.775. The van der Waals surface area contributed by atoms with Crippen LogP contribution in [0.5, 0.6) is 0 Å². The molecular weight excluding hydrogens is 727 g/mol. The average Bonchev–Trinajstić information content (AvgIpc) is 3.61. The number of esters is 1. The number of fused-ring (bicyclic) bond motifs is 1. The first-order valence-corrected chi connectivity index (χ1v) is 22.5. The van der Waals surface area contributed by atoms with Gasteiger partial charge >= 0.3 is 5.97 Å². The van der Waals surface area contributed by atoms with E-state index in [0.29, 0.717) is 19.0 Å². The fourth-order valence-corrected chi connectivity index (χ4v) is 8.31. The third-order valence-corrected chi connectivity index (χ3v) is 11.5. The predicted octanol–water partition coefficient (Wildman–Crippen LogP) is 8.15. The van der Waals surface area contributed by atoms with Gasteiger partial charge in [-0.1, -0.05) is 135 Å². The lowest BCUT2D eigenvalue weighted by Crippen LogP contribution is -2.70. The van der Waals surface area contributed by atoms with E-state index in [0.717, 1.165) is 37.0 Å². The second-order valence-corrected chi connectivity index (χ2v) is 16.2. The van der Waals surface area contributed by atoms with E-state index < -0.39 is 35.3 Å². The Morgan fingerprint density at radius 1 is 0.870 bits per heavy atom. The Balaban J connectivity index is 1.45. The van der Waals surface area contributed by atoms with E-state index in [1.54, 1.807) is 11.5 Å². The molecule has 0 radical (unpaired) electrons. The van der Waals surface area contributed by atoms with Crippen molar-refractivity contribution in [1.29, 1.82) is 0 Å². The molecule has 306 valence electrons. The summed E-state index contributed by atoms with van der Waals surface area (Å²) in [6.45, 7) is 6.13. The fourth-order valence-electron chi connectivity index (χ4n) is 6.57. The second kappa shape index (κ2) is 27.8. The van der Waals surface area contributed by atoms with Gasteiger partial charge < -0.3 is 30.1 Å². The lowest BCUT2D eigenvalue weighted by atomic mass is 10.0. The number of oxime groups is 1.